The van der Waals surface area contributed by atoms with Gasteiger partial charge in [0.15, 0.2) is 0 Å². The molecule has 200 valence electrons. The van der Waals surface area contributed by atoms with E-state index in [1.54, 1.807) is 20.0 Å². The van der Waals surface area contributed by atoms with Crippen LogP contribution in [0.3, 0.4) is 0 Å². The first-order valence-corrected chi connectivity index (χ1v) is 13.4. The smallest absolute Gasteiger partial charge is 0.264 e. The average Bonchev–Trinajstić information content (AvgIpc) is 3.29. The van der Waals surface area contributed by atoms with Crippen molar-refractivity contribution in [3.05, 3.63) is 46.2 Å². The molecule has 1 amide bonds. The second kappa shape index (κ2) is 10.9. The van der Waals surface area contributed by atoms with Gasteiger partial charge in [0.2, 0.25) is 5.91 Å². The lowest BCUT2D eigenvalue weighted by Crippen LogP contribution is -2.51. The summed E-state index contributed by atoms with van der Waals surface area (Å²) in [6.45, 7) is 5.78. The van der Waals surface area contributed by atoms with Crippen LogP contribution < -0.4 is 21.3 Å². The molecule has 4 aliphatic rings. The van der Waals surface area contributed by atoms with Crippen molar-refractivity contribution in [3.8, 4) is 0 Å². The minimum Gasteiger partial charge on any atom is -0.404 e. The molecule has 2 atom stereocenters. The van der Waals surface area contributed by atoms with E-state index in [-0.39, 0.29) is 23.7 Å². The molecule has 37 heavy (non-hydrogen) atoms. The zero-order valence-corrected chi connectivity index (χ0v) is 21.8. The van der Waals surface area contributed by atoms with E-state index in [0.717, 1.165) is 69.5 Å². The van der Waals surface area contributed by atoms with Crippen molar-refractivity contribution in [1.29, 1.82) is 0 Å². The van der Waals surface area contributed by atoms with Gasteiger partial charge in [-0.25, -0.2) is 8.78 Å². The van der Waals surface area contributed by atoms with E-state index in [1.807, 2.05) is 11.0 Å². The molecule has 4 N–H and O–H groups in total. The van der Waals surface area contributed by atoms with Gasteiger partial charge in [0.25, 0.3) is 6.43 Å². The number of hydrogen-bond acceptors (Lipinski definition) is 6. The molecule has 1 saturated heterocycles. The number of hydrogen-bond donors (Lipinski definition) is 3. The monoisotopic (exact) mass is 512 g/mol. The number of aliphatic imine (C=N–C) groups is 1. The van der Waals surface area contributed by atoms with E-state index in [2.05, 4.69) is 20.5 Å². The number of fused-ring (bicyclic) bond motifs is 1. The lowest BCUT2D eigenvalue weighted by atomic mass is 9.83. The first-order chi connectivity index (χ1) is 17.9. The Labute approximate surface area is 217 Å². The lowest BCUT2D eigenvalue weighted by molar-refractivity contribution is -0.128. The van der Waals surface area contributed by atoms with E-state index in [4.69, 9.17) is 5.73 Å². The third-order valence-electron chi connectivity index (χ3n) is 8.48. The van der Waals surface area contributed by atoms with Gasteiger partial charge in [-0.1, -0.05) is 0 Å². The van der Waals surface area contributed by atoms with E-state index in [1.165, 1.54) is 23.6 Å². The van der Waals surface area contributed by atoms with Gasteiger partial charge in [0, 0.05) is 68.9 Å². The first-order valence-electron chi connectivity index (χ1n) is 13.4. The third-order valence-corrected chi connectivity index (χ3v) is 8.48. The summed E-state index contributed by atoms with van der Waals surface area (Å²) in [6, 6.07) is 3.80. The van der Waals surface area contributed by atoms with E-state index in [0.29, 0.717) is 23.6 Å². The van der Waals surface area contributed by atoms with Crippen molar-refractivity contribution >= 4 is 23.4 Å². The highest BCUT2D eigenvalue weighted by molar-refractivity contribution is 6.10. The summed E-state index contributed by atoms with van der Waals surface area (Å²) in [6.07, 6.45) is 4.98. The number of carbonyl (C=O) groups excluding carboxylic acids is 1. The molecule has 0 aromatic heterocycles. The number of benzene rings is 1. The van der Waals surface area contributed by atoms with E-state index < -0.39 is 6.43 Å². The summed E-state index contributed by atoms with van der Waals surface area (Å²) in [5.74, 6) is 0.618. The quantitative estimate of drug-likeness (QED) is 0.417. The number of nitrogens with two attached hydrogens (primary N) is 1. The molecular weight excluding hydrogens is 474 g/mol. The number of rotatable bonds is 5. The highest BCUT2D eigenvalue weighted by atomic mass is 19.3. The van der Waals surface area contributed by atoms with Gasteiger partial charge in [-0.3, -0.25) is 15.1 Å². The predicted octanol–water partition coefficient (Wildman–Crippen LogP) is 3.22. The maximum Gasteiger partial charge on any atom is 0.264 e. The zero-order chi connectivity index (χ0) is 26.1. The predicted molar refractivity (Wildman–Crippen MR) is 144 cm³/mol. The summed E-state index contributed by atoms with van der Waals surface area (Å²) in [5.41, 5.74) is 11.3. The van der Waals surface area contributed by atoms with Gasteiger partial charge in [-0.15, -0.1) is 0 Å². The molecule has 4 aliphatic heterocycles. The van der Waals surface area contributed by atoms with Crippen LogP contribution in [0.15, 0.2) is 34.5 Å². The van der Waals surface area contributed by atoms with Crippen molar-refractivity contribution in [2.45, 2.75) is 57.7 Å². The van der Waals surface area contributed by atoms with Crippen molar-refractivity contribution in [2.75, 3.05) is 44.7 Å². The molecule has 0 radical (unpaired) electrons. The molecule has 0 spiro atoms. The number of carbonyl (C=O) groups is 1. The summed E-state index contributed by atoms with van der Waals surface area (Å²) in [5, 5.41) is 7.40. The molecule has 1 aromatic rings. The lowest BCUT2D eigenvalue weighted by Gasteiger charge is -2.40. The molecule has 0 saturated carbocycles. The molecule has 1 aromatic carbocycles. The number of aryl methyl sites for hydroxylation is 1. The molecular formula is C28H38F2N6O. The molecule has 1 fully saturated rings. The summed E-state index contributed by atoms with van der Waals surface area (Å²) in [7, 11) is 1.61. The maximum absolute atomic E-state index is 14.3. The fourth-order valence-corrected chi connectivity index (χ4v) is 6.65. The molecule has 0 bridgehead atoms. The van der Waals surface area contributed by atoms with Crippen molar-refractivity contribution in [1.82, 2.24) is 15.5 Å². The van der Waals surface area contributed by atoms with Crippen molar-refractivity contribution < 1.29 is 13.6 Å². The number of nitrogens with zero attached hydrogens (tertiary/aromatic N) is 3. The normalized spacial score (nSPS) is 25.3. The van der Waals surface area contributed by atoms with Crippen LogP contribution in [0.5, 0.6) is 0 Å². The second-order valence-electron chi connectivity index (χ2n) is 10.6. The molecule has 9 heteroatoms. The standard InChI is InChI=1S/C28H38F2N6O/c1-17(37)35-11-7-21-24(16-35)28(34-26(21)18-5-8-33-9-6-18)36-10-3-4-19-12-22(20(14-31)15-32-2)23(27(29)30)13-25(19)36/h12-15,18,26-28,33-34H,3-11,16,31H2,1-2H3. The fourth-order valence-electron chi connectivity index (χ4n) is 6.65. The Balaban J connectivity index is 1.55. The molecule has 5 rings (SSSR count). The third kappa shape index (κ3) is 4.91. The van der Waals surface area contributed by atoms with Gasteiger partial charge >= 0.3 is 0 Å². The van der Waals surface area contributed by atoms with Crippen LogP contribution in [0.1, 0.15) is 55.7 Å². The minimum atomic E-state index is -2.64. The van der Waals surface area contributed by atoms with Crippen molar-refractivity contribution in [2.24, 2.45) is 16.6 Å². The Morgan fingerprint density at radius 2 is 1.97 bits per heavy atom. The molecule has 0 aliphatic carbocycles. The summed E-state index contributed by atoms with van der Waals surface area (Å²) in [4.78, 5) is 20.5. The number of allylic oxidation sites excluding steroid dienone is 1. The van der Waals surface area contributed by atoms with Gasteiger partial charge < -0.3 is 20.9 Å². The van der Waals surface area contributed by atoms with Crippen LogP contribution in [0.4, 0.5) is 14.5 Å². The first kappa shape index (κ1) is 25.9. The highest BCUT2D eigenvalue weighted by Crippen LogP contribution is 2.42. The Bertz CT molecular complexity index is 1120. The van der Waals surface area contributed by atoms with Gasteiger partial charge in [0.05, 0.1) is 0 Å². The number of alkyl halides is 2. The maximum atomic E-state index is 14.3. The Morgan fingerprint density at radius 1 is 1.19 bits per heavy atom. The fraction of sp³-hybridized carbons (Fsp3) is 0.571. The van der Waals surface area contributed by atoms with Gasteiger partial charge in [0.1, 0.15) is 6.17 Å². The number of halogens is 2. The minimum absolute atomic E-state index is 0.0293. The SMILES string of the molecule is CN=CC(=CN)c1cc2c(cc1C(F)F)N(C1NC(C3CCNCC3)C3=C1CN(C(C)=O)CC3)CCC2. The summed E-state index contributed by atoms with van der Waals surface area (Å²) < 4.78 is 28.7. The van der Waals surface area contributed by atoms with Gasteiger partial charge in [-0.2, -0.15) is 0 Å². The summed E-state index contributed by atoms with van der Waals surface area (Å²) >= 11 is 0. The molecule has 7 nitrogen and oxygen atoms in total. The topological polar surface area (TPSA) is 86.0 Å². The number of nitrogens with one attached hydrogen (secondary N) is 2. The second-order valence-corrected chi connectivity index (χ2v) is 10.6. The number of anilines is 1. The van der Waals surface area contributed by atoms with Crippen molar-refractivity contribution in [3.63, 3.8) is 0 Å². The Kier molecular flexibility index (Phi) is 7.62. The average molecular weight is 513 g/mol. The van der Waals surface area contributed by atoms with Crippen LogP contribution in [0, 0.1) is 5.92 Å². The van der Waals surface area contributed by atoms with E-state index in [9.17, 15) is 13.6 Å². The Morgan fingerprint density at radius 3 is 2.65 bits per heavy atom. The zero-order valence-electron chi connectivity index (χ0n) is 21.8. The number of amides is 1. The highest BCUT2D eigenvalue weighted by Gasteiger charge is 2.43. The van der Waals surface area contributed by atoms with Crippen LogP contribution in [0.2, 0.25) is 0 Å². The molecule has 4 heterocycles. The van der Waals surface area contributed by atoms with E-state index >= 15 is 0 Å². The van der Waals surface area contributed by atoms with Crippen LogP contribution in [-0.2, 0) is 11.2 Å². The van der Waals surface area contributed by atoms with Crippen LogP contribution in [0.25, 0.3) is 5.57 Å². The molecule has 2 unspecified atom stereocenters. The number of piperidine rings is 1. The van der Waals surface area contributed by atoms with Gasteiger partial charge in [-0.05, 0) is 85.5 Å². The van der Waals surface area contributed by atoms with Crippen LogP contribution in [-0.4, -0.2) is 69.0 Å². The van der Waals surface area contributed by atoms with Crippen LogP contribution >= 0.6 is 0 Å². The largest absolute Gasteiger partial charge is 0.404 e. The Hall–Kier alpha value is -2.78.